The van der Waals surface area contributed by atoms with Gasteiger partial charge in [-0.25, -0.2) is 9.78 Å². The first-order valence-electron chi connectivity index (χ1n) is 10.3. The number of nitrogens with one attached hydrogen (secondary N) is 2. The molecule has 172 valence electrons. The number of hydrogen-bond acceptors (Lipinski definition) is 9. The zero-order chi connectivity index (χ0) is 23.4. The highest BCUT2D eigenvalue weighted by Crippen LogP contribution is 2.31. The second kappa shape index (κ2) is 9.51. The summed E-state index contributed by atoms with van der Waals surface area (Å²) in [6.45, 7) is 3.84. The Labute approximate surface area is 194 Å². The van der Waals surface area contributed by atoms with Gasteiger partial charge in [0.25, 0.3) is 0 Å². The molecule has 3 aromatic heterocycles. The van der Waals surface area contributed by atoms with Crippen molar-refractivity contribution in [2.75, 3.05) is 25.6 Å². The lowest BCUT2D eigenvalue weighted by atomic mass is 9.95. The van der Waals surface area contributed by atoms with Gasteiger partial charge in [0, 0.05) is 24.7 Å². The number of anilines is 1. The number of hydrogen-bond donors (Lipinski definition) is 3. The van der Waals surface area contributed by atoms with Crippen LogP contribution >= 0.6 is 11.3 Å². The highest BCUT2D eigenvalue weighted by molar-refractivity contribution is 7.22. The molecule has 0 unspecified atom stereocenters. The molecule has 0 spiro atoms. The molecule has 0 fully saturated rings. The molecular weight excluding hydrogens is 444 g/mol. The highest BCUT2D eigenvalue weighted by Gasteiger charge is 2.26. The molecule has 0 aliphatic rings. The third kappa shape index (κ3) is 5.26. The van der Waals surface area contributed by atoms with Crippen LogP contribution in [0.5, 0.6) is 5.75 Å². The summed E-state index contributed by atoms with van der Waals surface area (Å²) >= 11 is 1.38. The van der Waals surface area contributed by atoms with Crippen molar-refractivity contribution in [2.24, 2.45) is 0 Å². The van der Waals surface area contributed by atoms with Gasteiger partial charge in [-0.2, -0.15) is 4.98 Å². The molecule has 3 heterocycles. The van der Waals surface area contributed by atoms with Gasteiger partial charge in [-0.05, 0) is 37.6 Å². The molecular formula is C22H24N6O4S. The van der Waals surface area contributed by atoms with Crippen LogP contribution in [-0.4, -0.2) is 51.5 Å². The number of methoxy groups -OCH3 is 1. The summed E-state index contributed by atoms with van der Waals surface area (Å²) < 4.78 is 11.4. The second-order valence-electron chi connectivity index (χ2n) is 8.00. The Morgan fingerprint density at radius 1 is 1.21 bits per heavy atom. The van der Waals surface area contributed by atoms with Gasteiger partial charge in [0.2, 0.25) is 5.89 Å². The van der Waals surface area contributed by atoms with Crippen LogP contribution in [0.3, 0.4) is 0 Å². The number of amides is 2. The average Bonchev–Trinajstić information content (AvgIpc) is 3.45. The first-order chi connectivity index (χ1) is 15.9. The lowest BCUT2D eigenvalue weighted by molar-refractivity contribution is 0.182. The summed E-state index contributed by atoms with van der Waals surface area (Å²) in [6.07, 6.45) is 3.83. The third-order valence-corrected chi connectivity index (χ3v) is 5.90. The van der Waals surface area contributed by atoms with Crippen LogP contribution in [0.2, 0.25) is 0 Å². The quantitative estimate of drug-likeness (QED) is 0.358. The second-order valence-corrected chi connectivity index (χ2v) is 9.03. The zero-order valence-electron chi connectivity index (χ0n) is 18.5. The van der Waals surface area contributed by atoms with Crippen LogP contribution < -0.4 is 15.4 Å². The zero-order valence-corrected chi connectivity index (χ0v) is 19.3. The maximum absolute atomic E-state index is 12.3. The highest BCUT2D eigenvalue weighted by atomic mass is 32.1. The fourth-order valence-electron chi connectivity index (χ4n) is 2.97. The molecule has 0 aliphatic heterocycles. The van der Waals surface area contributed by atoms with Gasteiger partial charge < -0.3 is 19.7 Å². The molecule has 0 bridgehead atoms. The number of pyridine rings is 1. The predicted molar refractivity (Wildman–Crippen MR) is 125 cm³/mol. The molecule has 11 heteroatoms. The van der Waals surface area contributed by atoms with Crippen molar-refractivity contribution in [3.05, 3.63) is 48.4 Å². The van der Waals surface area contributed by atoms with Crippen molar-refractivity contribution in [3.63, 3.8) is 0 Å². The standard InChI is InChI=1S/C22H24N6O4S/c1-22(2,12-29)19-26-18(28-32-19)6-7-24-20(30)27-21-25-16-5-4-13(9-17(16)33-21)14-8-15(31-3)11-23-10-14/h4-5,8-11,29H,6-7,12H2,1-3H3,(H2,24,25,27,30). The molecule has 33 heavy (non-hydrogen) atoms. The van der Waals surface area contributed by atoms with Crippen LogP contribution in [-0.2, 0) is 11.8 Å². The van der Waals surface area contributed by atoms with E-state index in [0.29, 0.717) is 35.6 Å². The van der Waals surface area contributed by atoms with E-state index < -0.39 is 5.41 Å². The molecule has 0 aliphatic carbocycles. The van der Waals surface area contributed by atoms with Crippen molar-refractivity contribution in [3.8, 4) is 16.9 Å². The molecule has 0 atom stereocenters. The number of ether oxygens (including phenoxy) is 1. The fraction of sp³-hybridized carbons (Fsp3) is 0.318. The summed E-state index contributed by atoms with van der Waals surface area (Å²) in [5.74, 6) is 1.51. The normalized spacial score (nSPS) is 11.5. The van der Waals surface area contributed by atoms with Crippen LogP contribution in [0.15, 0.2) is 41.2 Å². The van der Waals surface area contributed by atoms with Crippen molar-refractivity contribution in [2.45, 2.75) is 25.7 Å². The summed E-state index contributed by atoms with van der Waals surface area (Å²) in [4.78, 5) is 25.2. The number of carbonyl (C=O) groups is 1. The number of aliphatic hydroxyl groups is 1. The summed E-state index contributed by atoms with van der Waals surface area (Å²) in [5, 5.41) is 19.3. The third-order valence-electron chi connectivity index (χ3n) is 4.97. The van der Waals surface area contributed by atoms with E-state index in [9.17, 15) is 9.90 Å². The van der Waals surface area contributed by atoms with E-state index in [4.69, 9.17) is 9.26 Å². The molecule has 0 saturated heterocycles. The molecule has 1 aromatic carbocycles. The minimum Gasteiger partial charge on any atom is -0.495 e. The van der Waals surface area contributed by atoms with E-state index in [-0.39, 0.29) is 12.6 Å². The minimum absolute atomic E-state index is 0.102. The number of benzene rings is 1. The number of aromatic nitrogens is 4. The minimum atomic E-state index is -0.605. The van der Waals surface area contributed by atoms with Crippen molar-refractivity contribution in [1.82, 2.24) is 25.4 Å². The summed E-state index contributed by atoms with van der Waals surface area (Å²) in [6, 6.07) is 7.42. The Morgan fingerprint density at radius 3 is 2.85 bits per heavy atom. The lowest BCUT2D eigenvalue weighted by Gasteiger charge is -2.14. The van der Waals surface area contributed by atoms with E-state index in [1.165, 1.54) is 11.3 Å². The molecule has 10 nitrogen and oxygen atoms in total. The molecule has 0 saturated carbocycles. The SMILES string of the molecule is COc1cncc(-c2ccc3nc(NC(=O)NCCc4noc(C(C)(C)CO)n4)sc3c2)c1. The maximum atomic E-state index is 12.3. The van der Waals surface area contributed by atoms with Crippen LogP contribution in [0.25, 0.3) is 21.3 Å². The number of rotatable bonds is 8. The smallest absolute Gasteiger partial charge is 0.321 e. The lowest BCUT2D eigenvalue weighted by Crippen LogP contribution is -2.30. The van der Waals surface area contributed by atoms with Gasteiger partial charge >= 0.3 is 6.03 Å². The molecule has 4 aromatic rings. The van der Waals surface area contributed by atoms with Crippen LogP contribution in [0, 0.1) is 0 Å². The molecule has 0 radical (unpaired) electrons. The first kappa shape index (κ1) is 22.6. The van der Waals surface area contributed by atoms with Gasteiger partial charge in [0.05, 0.1) is 35.5 Å². The largest absolute Gasteiger partial charge is 0.495 e. The average molecular weight is 469 g/mol. The molecule has 3 N–H and O–H groups in total. The maximum Gasteiger partial charge on any atom is 0.321 e. The van der Waals surface area contributed by atoms with Crippen molar-refractivity contribution >= 4 is 32.7 Å². The monoisotopic (exact) mass is 468 g/mol. The Bertz CT molecular complexity index is 1270. The summed E-state index contributed by atoms with van der Waals surface area (Å²) in [5.41, 5.74) is 2.10. The number of carbonyl (C=O) groups excluding carboxylic acids is 1. The molecule has 2 amide bonds. The fourth-order valence-corrected chi connectivity index (χ4v) is 3.87. The van der Waals surface area contributed by atoms with Crippen LogP contribution in [0.4, 0.5) is 9.93 Å². The Hall–Kier alpha value is -3.57. The molecule has 4 rings (SSSR count). The van der Waals surface area contributed by atoms with Crippen molar-refractivity contribution < 1.29 is 19.2 Å². The van der Waals surface area contributed by atoms with E-state index in [2.05, 4.69) is 30.7 Å². The van der Waals surface area contributed by atoms with E-state index in [1.54, 1.807) is 19.5 Å². The number of thiazole rings is 1. The van der Waals surface area contributed by atoms with E-state index in [0.717, 1.165) is 21.3 Å². The topological polar surface area (TPSA) is 135 Å². The van der Waals surface area contributed by atoms with E-state index in [1.807, 2.05) is 38.1 Å². The number of aliphatic hydroxyl groups excluding tert-OH is 1. The van der Waals surface area contributed by atoms with Crippen LogP contribution in [0.1, 0.15) is 25.6 Å². The Kier molecular flexibility index (Phi) is 6.52. The van der Waals surface area contributed by atoms with E-state index >= 15 is 0 Å². The number of urea groups is 1. The first-order valence-corrected chi connectivity index (χ1v) is 11.1. The Morgan fingerprint density at radius 2 is 2.06 bits per heavy atom. The Balaban J connectivity index is 1.35. The van der Waals surface area contributed by atoms with Gasteiger partial charge in [-0.3, -0.25) is 10.3 Å². The summed E-state index contributed by atoms with van der Waals surface area (Å²) in [7, 11) is 1.60. The predicted octanol–water partition coefficient (Wildman–Crippen LogP) is 3.38. The van der Waals surface area contributed by atoms with Gasteiger partial charge in [0.1, 0.15) is 5.75 Å². The van der Waals surface area contributed by atoms with Crippen molar-refractivity contribution in [1.29, 1.82) is 0 Å². The number of nitrogens with zero attached hydrogens (tertiary/aromatic N) is 4. The number of fused-ring (bicyclic) bond motifs is 1. The van der Waals surface area contributed by atoms with Gasteiger partial charge in [0.15, 0.2) is 11.0 Å². The van der Waals surface area contributed by atoms with Gasteiger partial charge in [-0.1, -0.05) is 22.6 Å². The van der Waals surface area contributed by atoms with Gasteiger partial charge in [-0.15, -0.1) is 0 Å².